The van der Waals surface area contributed by atoms with Gasteiger partial charge in [0, 0.05) is 0 Å². The average molecular weight is 173 g/mol. The third-order valence-corrected chi connectivity index (χ3v) is 1.92. The first-order valence-electron chi connectivity index (χ1n) is 3.94. The third kappa shape index (κ3) is 2.90. The summed E-state index contributed by atoms with van der Waals surface area (Å²) in [4.78, 5) is 21.2. The van der Waals surface area contributed by atoms with Gasteiger partial charge in [0.15, 0.2) is 0 Å². The summed E-state index contributed by atoms with van der Waals surface area (Å²) < 4.78 is 4.53. The maximum absolute atomic E-state index is 11.1. The second kappa shape index (κ2) is 5.57. The molecule has 0 rings (SSSR count). The quantitative estimate of drug-likeness (QED) is 0.481. The minimum atomic E-state index is -0.516. The number of ether oxygens (including phenoxy) is 1. The molecule has 0 radical (unpaired) electrons. The summed E-state index contributed by atoms with van der Waals surface area (Å²) in [5.74, 6) is -0.293. The van der Waals surface area contributed by atoms with Crippen LogP contribution in [0, 0.1) is 5.92 Å². The summed E-state index contributed by atoms with van der Waals surface area (Å²) in [7, 11) is 1.31. The predicted molar refractivity (Wildman–Crippen MR) is 44.5 cm³/mol. The Hall–Kier alpha value is -1.06. The number of carbonyl (C=O) groups is 2. The molecule has 0 unspecified atom stereocenters. The molecular weight excluding hydrogens is 158 g/mol. The second-order valence-electron chi connectivity index (χ2n) is 2.67. The SMILES string of the molecule is CC[C@@H](C)[C@@H](NC=O)C(=O)OC. The van der Waals surface area contributed by atoms with Gasteiger partial charge in [0.25, 0.3) is 0 Å². The molecular formula is C8H15NO3. The van der Waals surface area contributed by atoms with E-state index in [1.807, 2.05) is 13.8 Å². The van der Waals surface area contributed by atoms with Gasteiger partial charge >= 0.3 is 5.97 Å². The molecule has 0 fully saturated rings. The first-order chi connectivity index (χ1) is 5.67. The lowest BCUT2D eigenvalue weighted by Gasteiger charge is -2.19. The molecule has 4 heteroatoms. The van der Waals surface area contributed by atoms with Crippen LogP contribution >= 0.6 is 0 Å². The van der Waals surface area contributed by atoms with Crippen LogP contribution in [0.3, 0.4) is 0 Å². The average Bonchev–Trinajstić information content (AvgIpc) is 2.11. The van der Waals surface area contributed by atoms with Crippen LogP contribution in [0.1, 0.15) is 20.3 Å². The summed E-state index contributed by atoms with van der Waals surface area (Å²) >= 11 is 0. The highest BCUT2D eigenvalue weighted by Gasteiger charge is 2.23. The predicted octanol–water partition coefficient (Wildman–Crippen LogP) is 0.320. The summed E-state index contributed by atoms with van der Waals surface area (Å²) in [6, 6.07) is -0.516. The van der Waals surface area contributed by atoms with E-state index in [0.717, 1.165) is 6.42 Å². The Morgan fingerprint density at radius 3 is 2.58 bits per heavy atom. The van der Waals surface area contributed by atoms with Gasteiger partial charge in [-0.15, -0.1) is 0 Å². The van der Waals surface area contributed by atoms with E-state index in [2.05, 4.69) is 10.1 Å². The molecule has 0 saturated heterocycles. The molecule has 0 aliphatic carbocycles. The summed E-state index contributed by atoms with van der Waals surface area (Å²) in [5.41, 5.74) is 0. The largest absolute Gasteiger partial charge is 0.467 e. The Bertz CT molecular complexity index is 158. The van der Waals surface area contributed by atoms with Crippen molar-refractivity contribution in [3.05, 3.63) is 0 Å². The summed E-state index contributed by atoms with van der Waals surface area (Å²) in [6.07, 6.45) is 1.34. The van der Waals surface area contributed by atoms with Crippen LogP contribution in [0.4, 0.5) is 0 Å². The highest BCUT2D eigenvalue weighted by atomic mass is 16.5. The molecule has 0 heterocycles. The molecule has 0 bridgehead atoms. The molecule has 0 aliphatic rings. The van der Waals surface area contributed by atoms with Gasteiger partial charge in [-0.25, -0.2) is 4.79 Å². The van der Waals surface area contributed by atoms with Crippen LogP contribution in [0.15, 0.2) is 0 Å². The molecule has 2 atom stereocenters. The van der Waals surface area contributed by atoms with Crippen molar-refractivity contribution >= 4 is 12.4 Å². The molecule has 4 nitrogen and oxygen atoms in total. The van der Waals surface area contributed by atoms with Crippen molar-refractivity contribution in [1.82, 2.24) is 5.32 Å². The zero-order valence-corrected chi connectivity index (χ0v) is 7.66. The van der Waals surface area contributed by atoms with Crippen molar-refractivity contribution in [3.8, 4) is 0 Å². The number of methoxy groups -OCH3 is 1. The Morgan fingerprint density at radius 2 is 2.25 bits per heavy atom. The van der Waals surface area contributed by atoms with Crippen molar-refractivity contribution in [3.63, 3.8) is 0 Å². The minimum absolute atomic E-state index is 0.0997. The normalized spacial score (nSPS) is 14.6. The van der Waals surface area contributed by atoms with Gasteiger partial charge < -0.3 is 10.1 Å². The van der Waals surface area contributed by atoms with Gasteiger partial charge in [-0.3, -0.25) is 4.79 Å². The zero-order valence-electron chi connectivity index (χ0n) is 7.66. The lowest BCUT2D eigenvalue weighted by molar-refractivity contribution is -0.145. The van der Waals surface area contributed by atoms with Crippen molar-refractivity contribution in [2.75, 3.05) is 7.11 Å². The fourth-order valence-corrected chi connectivity index (χ4v) is 0.901. The fourth-order valence-electron chi connectivity index (χ4n) is 0.901. The lowest BCUT2D eigenvalue weighted by Crippen LogP contribution is -2.41. The molecule has 0 aromatic heterocycles. The Labute approximate surface area is 72.3 Å². The number of hydrogen-bond donors (Lipinski definition) is 1. The summed E-state index contributed by atoms with van der Waals surface area (Å²) in [6.45, 7) is 3.84. The third-order valence-electron chi connectivity index (χ3n) is 1.92. The van der Waals surface area contributed by atoms with Crippen molar-refractivity contribution < 1.29 is 14.3 Å². The van der Waals surface area contributed by atoms with Crippen LogP contribution in [0.25, 0.3) is 0 Å². The molecule has 1 amide bonds. The van der Waals surface area contributed by atoms with E-state index in [1.54, 1.807) is 0 Å². The van der Waals surface area contributed by atoms with E-state index in [0.29, 0.717) is 6.41 Å². The van der Waals surface area contributed by atoms with Crippen molar-refractivity contribution in [1.29, 1.82) is 0 Å². The van der Waals surface area contributed by atoms with Gasteiger partial charge in [-0.05, 0) is 5.92 Å². The van der Waals surface area contributed by atoms with Gasteiger partial charge in [0.1, 0.15) is 6.04 Å². The molecule has 0 aromatic carbocycles. The number of hydrogen-bond acceptors (Lipinski definition) is 3. The Kier molecular flexibility index (Phi) is 5.08. The highest BCUT2D eigenvalue weighted by molar-refractivity contribution is 5.78. The van der Waals surface area contributed by atoms with Gasteiger partial charge in [0.2, 0.25) is 6.41 Å². The Morgan fingerprint density at radius 1 is 1.67 bits per heavy atom. The van der Waals surface area contributed by atoms with Crippen LogP contribution < -0.4 is 5.32 Å². The van der Waals surface area contributed by atoms with Gasteiger partial charge in [-0.1, -0.05) is 20.3 Å². The van der Waals surface area contributed by atoms with Crippen molar-refractivity contribution in [2.24, 2.45) is 5.92 Å². The van der Waals surface area contributed by atoms with Crippen LogP contribution in [-0.4, -0.2) is 25.5 Å². The molecule has 12 heavy (non-hydrogen) atoms. The molecule has 0 spiro atoms. The molecule has 0 aromatic rings. The number of amides is 1. The first kappa shape index (κ1) is 10.9. The minimum Gasteiger partial charge on any atom is -0.467 e. The van der Waals surface area contributed by atoms with E-state index in [4.69, 9.17) is 0 Å². The standard InChI is InChI=1S/C8H15NO3/c1-4-6(2)7(9-5-10)8(11)12-3/h5-7H,4H2,1-3H3,(H,9,10)/t6-,7-/m1/s1. The monoisotopic (exact) mass is 173 g/mol. The van der Waals surface area contributed by atoms with Crippen LogP contribution in [0.5, 0.6) is 0 Å². The number of rotatable bonds is 5. The number of esters is 1. The first-order valence-corrected chi connectivity index (χ1v) is 3.94. The molecule has 0 saturated carbocycles. The van der Waals surface area contributed by atoms with E-state index in [-0.39, 0.29) is 5.92 Å². The van der Waals surface area contributed by atoms with E-state index < -0.39 is 12.0 Å². The van der Waals surface area contributed by atoms with Crippen LogP contribution in [0.2, 0.25) is 0 Å². The number of carbonyl (C=O) groups excluding carboxylic acids is 2. The fraction of sp³-hybridized carbons (Fsp3) is 0.750. The topological polar surface area (TPSA) is 55.4 Å². The summed E-state index contributed by atoms with van der Waals surface area (Å²) in [5, 5.41) is 2.43. The van der Waals surface area contributed by atoms with Crippen molar-refractivity contribution in [2.45, 2.75) is 26.3 Å². The second-order valence-corrected chi connectivity index (χ2v) is 2.67. The molecule has 0 aliphatic heterocycles. The van der Waals surface area contributed by atoms with Gasteiger partial charge in [-0.2, -0.15) is 0 Å². The van der Waals surface area contributed by atoms with E-state index >= 15 is 0 Å². The maximum Gasteiger partial charge on any atom is 0.328 e. The van der Waals surface area contributed by atoms with Gasteiger partial charge in [0.05, 0.1) is 7.11 Å². The molecule has 1 N–H and O–H groups in total. The zero-order chi connectivity index (χ0) is 9.56. The number of nitrogens with one attached hydrogen (secondary N) is 1. The lowest BCUT2D eigenvalue weighted by atomic mass is 10.00. The molecule has 70 valence electrons. The van der Waals surface area contributed by atoms with E-state index in [1.165, 1.54) is 7.11 Å². The highest BCUT2D eigenvalue weighted by Crippen LogP contribution is 2.08. The maximum atomic E-state index is 11.1. The van der Waals surface area contributed by atoms with Crippen LogP contribution in [-0.2, 0) is 14.3 Å². The Balaban J connectivity index is 4.20. The smallest absolute Gasteiger partial charge is 0.328 e. The van der Waals surface area contributed by atoms with E-state index in [9.17, 15) is 9.59 Å².